The molecular weight excluding hydrogens is 194 g/mol. The lowest BCUT2D eigenvalue weighted by Gasteiger charge is -2.05. The number of nitrogen functional groups attached to an aromatic ring is 1. The molecule has 1 atom stereocenters. The van der Waals surface area contributed by atoms with Gasteiger partial charge in [0.2, 0.25) is 5.52 Å². The van der Waals surface area contributed by atoms with E-state index in [0.717, 1.165) is 30.6 Å². The van der Waals surface area contributed by atoms with Crippen LogP contribution in [0, 0.1) is 0 Å². The molecule has 1 unspecified atom stereocenters. The second-order valence-corrected chi connectivity index (χ2v) is 3.61. The summed E-state index contributed by atoms with van der Waals surface area (Å²) >= 11 is 0. The molecule has 78 valence electrons. The number of aromatic amines is 1. The Kier molecular flexibility index (Phi) is 1.81. The average molecular weight is 206 g/mol. The third-order valence-electron chi connectivity index (χ3n) is 2.67. The Morgan fingerprint density at radius 1 is 1.53 bits per heavy atom. The van der Waals surface area contributed by atoms with E-state index in [1.165, 1.54) is 6.33 Å². The fraction of sp³-hybridized carbons (Fsp3) is 0.444. The maximum Gasteiger partial charge on any atom is 0.309 e. The number of hydrogen-bond donors (Lipinski definition) is 2. The van der Waals surface area contributed by atoms with E-state index < -0.39 is 0 Å². The number of fused-ring (bicyclic) bond motifs is 1. The number of aromatic nitrogens is 4. The number of imidazole rings is 1. The second kappa shape index (κ2) is 3.16. The van der Waals surface area contributed by atoms with Crippen LogP contribution in [0.25, 0.3) is 11.2 Å². The Bertz CT molecular complexity index is 488. The summed E-state index contributed by atoms with van der Waals surface area (Å²) in [5.41, 5.74) is 7.30. The van der Waals surface area contributed by atoms with Crippen LogP contribution in [-0.2, 0) is 4.74 Å². The van der Waals surface area contributed by atoms with Gasteiger partial charge in [-0.25, -0.2) is 4.57 Å². The van der Waals surface area contributed by atoms with Gasteiger partial charge in [-0.3, -0.25) is 4.98 Å². The average Bonchev–Trinajstić information content (AvgIpc) is 2.85. The molecule has 1 saturated heterocycles. The van der Waals surface area contributed by atoms with Gasteiger partial charge in [-0.1, -0.05) is 4.98 Å². The third kappa shape index (κ3) is 1.25. The maximum atomic E-state index is 5.73. The van der Waals surface area contributed by atoms with E-state index in [-0.39, 0.29) is 6.23 Å². The van der Waals surface area contributed by atoms with Crippen molar-refractivity contribution in [2.75, 3.05) is 12.3 Å². The van der Waals surface area contributed by atoms with E-state index in [1.807, 2.05) is 10.9 Å². The largest absolute Gasteiger partial charge is 0.380 e. The Hall–Kier alpha value is -1.69. The Balaban J connectivity index is 2.15. The van der Waals surface area contributed by atoms with E-state index in [1.54, 1.807) is 0 Å². The summed E-state index contributed by atoms with van der Waals surface area (Å²) in [4.78, 5) is 11.2. The summed E-state index contributed by atoms with van der Waals surface area (Å²) in [5, 5.41) is 0. The molecule has 1 aliphatic rings. The molecule has 0 amide bonds. The van der Waals surface area contributed by atoms with Crippen molar-refractivity contribution >= 4 is 17.0 Å². The highest BCUT2D eigenvalue weighted by Gasteiger charge is 2.25. The molecule has 0 radical (unpaired) electrons. The van der Waals surface area contributed by atoms with E-state index >= 15 is 0 Å². The molecule has 0 aromatic carbocycles. The molecular formula is C9H12N5O+. The molecule has 1 aliphatic heterocycles. The van der Waals surface area contributed by atoms with Crippen molar-refractivity contribution in [2.24, 2.45) is 0 Å². The molecule has 1 fully saturated rings. The monoisotopic (exact) mass is 206 g/mol. The molecule has 2 aromatic rings. The van der Waals surface area contributed by atoms with Crippen molar-refractivity contribution in [3.63, 3.8) is 0 Å². The van der Waals surface area contributed by atoms with Crippen LogP contribution in [0.5, 0.6) is 0 Å². The van der Waals surface area contributed by atoms with Crippen LogP contribution < -0.4 is 10.3 Å². The van der Waals surface area contributed by atoms with Crippen molar-refractivity contribution in [2.45, 2.75) is 19.1 Å². The zero-order chi connectivity index (χ0) is 10.3. The fourth-order valence-corrected chi connectivity index (χ4v) is 1.92. The van der Waals surface area contributed by atoms with Crippen molar-refractivity contribution < 1.29 is 9.30 Å². The van der Waals surface area contributed by atoms with Gasteiger partial charge in [0.15, 0.2) is 24.7 Å². The molecule has 3 N–H and O–H groups in total. The Morgan fingerprint density at radius 2 is 2.47 bits per heavy atom. The molecule has 2 aromatic heterocycles. The number of nitrogens with two attached hydrogens (primary N) is 1. The van der Waals surface area contributed by atoms with Crippen molar-refractivity contribution in [1.82, 2.24) is 15.0 Å². The maximum absolute atomic E-state index is 5.73. The topological polar surface area (TPSA) is 80.7 Å². The van der Waals surface area contributed by atoms with Crippen molar-refractivity contribution in [1.29, 1.82) is 0 Å². The number of nitrogens with one attached hydrogen (secondary N) is 1. The number of anilines is 1. The van der Waals surface area contributed by atoms with Crippen LogP contribution >= 0.6 is 0 Å². The van der Waals surface area contributed by atoms with Crippen LogP contribution in [0.2, 0.25) is 0 Å². The summed E-state index contributed by atoms with van der Waals surface area (Å²) in [5.74, 6) is 0.469. The zero-order valence-corrected chi connectivity index (χ0v) is 8.18. The molecule has 6 nitrogen and oxygen atoms in total. The van der Waals surface area contributed by atoms with Crippen molar-refractivity contribution in [3.05, 3.63) is 12.7 Å². The standard InChI is InChI=1S/C9H11N5O/c10-8-7-9(12-4-11-8)14(5-13-7)6-2-1-3-15-6/h4-6H,1-3H2,(H2,10,11,12)/p+1. The van der Waals surface area contributed by atoms with Gasteiger partial charge in [0, 0.05) is 6.42 Å². The first-order chi connectivity index (χ1) is 7.36. The minimum atomic E-state index is 0.0769. The van der Waals surface area contributed by atoms with Gasteiger partial charge in [-0.2, -0.15) is 4.98 Å². The first-order valence-electron chi connectivity index (χ1n) is 4.96. The third-order valence-corrected chi connectivity index (χ3v) is 2.67. The van der Waals surface area contributed by atoms with E-state index in [2.05, 4.69) is 15.0 Å². The number of rotatable bonds is 1. The summed E-state index contributed by atoms with van der Waals surface area (Å²) in [7, 11) is 0. The SMILES string of the molecule is Nc1ncnc2c1[nH]c[n+]2C1CCCO1. The minimum Gasteiger partial charge on any atom is -0.380 e. The highest BCUT2D eigenvalue weighted by Crippen LogP contribution is 2.19. The lowest BCUT2D eigenvalue weighted by atomic mass is 10.3. The Morgan fingerprint density at radius 3 is 3.27 bits per heavy atom. The summed E-state index contributed by atoms with van der Waals surface area (Å²) in [6.45, 7) is 0.810. The van der Waals surface area contributed by atoms with Crippen LogP contribution in [0.3, 0.4) is 0 Å². The van der Waals surface area contributed by atoms with Crippen LogP contribution in [0.1, 0.15) is 19.1 Å². The number of H-pyrrole nitrogens is 1. The van der Waals surface area contributed by atoms with E-state index in [4.69, 9.17) is 10.5 Å². The summed E-state index contributed by atoms with van der Waals surface area (Å²) in [6, 6.07) is 0. The van der Waals surface area contributed by atoms with Gasteiger partial charge in [0.1, 0.15) is 0 Å². The molecule has 0 spiro atoms. The van der Waals surface area contributed by atoms with Crippen molar-refractivity contribution in [3.8, 4) is 0 Å². The molecule has 0 saturated carbocycles. The first-order valence-corrected chi connectivity index (χ1v) is 4.96. The second-order valence-electron chi connectivity index (χ2n) is 3.61. The number of ether oxygens (including phenoxy) is 1. The van der Waals surface area contributed by atoms with Gasteiger partial charge in [-0.05, 0) is 6.42 Å². The lowest BCUT2D eigenvalue weighted by molar-refractivity contribution is -0.736. The Labute approximate surface area is 86.1 Å². The van der Waals surface area contributed by atoms with Crippen LogP contribution in [-0.4, -0.2) is 21.6 Å². The normalized spacial score (nSPS) is 21.2. The highest BCUT2D eigenvalue weighted by molar-refractivity contribution is 5.77. The molecule has 6 heteroatoms. The quantitative estimate of drug-likeness (QED) is 0.650. The molecule has 3 heterocycles. The molecule has 0 aliphatic carbocycles. The molecule has 0 bridgehead atoms. The fourth-order valence-electron chi connectivity index (χ4n) is 1.92. The van der Waals surface area contributed by atoms with Gasteiger partial charge < -0.3 is 10.5 Å². The van der Waals surface area contributed by atoms with E-state index in [9.17, 15) is 0 Å². The molecule has 15 heavy (non-hydrogen) atoms. The first kappa shape index (κ1) is 8.60. The number of hydrogen-bond acceptors (Lipinski definition) is 4. The van der Waals surface area contributed by atoms with Gasteiger partial charge in [0.25, 0.3) is 0 Å². The summed E-state index contributed by atoms with van der Waals surface area (Å²) in [6.07, 6.45) is 5.49. The van der Waals surface area contributed by atoms with E-state index in [0.29, 0.717) is 5.82 Å². The van der Waals surface area contributed by atoms with Gasteiger partial charge >= 0.3 is 5.65 Å². The van der Waals surface area contributed by atoms with Gasteiger partial charge in [-0.15, -0.1) is 0 Å². The predicted molar refractivity (Wildman–Crippen MR) is 52.7 cm³/mol. The van der Waals surface area contributed by atoms with Crippen LogP contribution in [0.15, 0.2) is 12.7 Å². The lowest BCUT2D eigenvalue weighted by Crippen LogP contribution is -2.38. The minimum absolute atomic E-state index is 0.0769. The predicted octanol–water partition coefficient (Wildman–Crippen LogP) is 0.137. The number of nitrogens with zero attached hydrogens (tertiary/aromatic N) is 3. The zero-order valence-electron chi connectivity index (χ0n) is 8.18. The summed E-state index contributed by atoms with van der Waals surface area (Å²) < 4.78 is 7.56. The highest BCUT2D eigenvalue weighted by atomic mass is 16.5. The van der Waals surface area contributed by atoms with Gasteiger partial charge in [0.05, 0.1) is 6.61 Å². The smallest absolute Gasteiger partial charge is 0.309 e. The molecule has 3 rings (SSSR count). The van der Waals surface area contributed by atoms with Crippen LogP contribution in [0.4, 0.5) is 5.82 Å².